The van der Waals surface area contributed by atoms with Crippen LogP contribution in [0.5, 0.6) is 0 Å². The maximum atomic E-state index is 11.6. The van der Waals surface area contributed by atoms with Crippen molar-refractivity contribution < 1.29 is 13.5 Å². The molecule has 1 rings (SSSR count). The minimum Gasteiger partial charge on any atom is -0.396 e. The van der Waals surface area contributed by atoms with E-state index in [2.05, 4.69) is 4.72 Å². The van der Waals surface area contributed by atoms with Crippen molar-refractivity contribution in [2.75, 3.05) is 20.2 Å². The van der Waals surface area contributed by atoms with Gasteiger partial charge in [-0.25, -0.2) is 4.72 Å². The van der Waals surface area contributed by atoms with Gasteiger partial charge in [-0.3, -0.25) is 0 Å². The van der Waals surface area contributed by atoms with Crippen molar-refractivity contribution in [3.8, 4) is 0 Å². The van der Waals surface area contributed by atoms with Gasteiger partial charge in [-0.05, 0) is 19.3 Å². The van der Waals surface area contributed by atoms with E-state index in [1.807, 2.05) is 0 Å². The monoisotopic (exact) mass is 222 g/mol. The number of rotatable bonds is 4. The number of nitrogens with one attached hydrogen (secondary N) is 1. The molecule has 1 saturated heterocycles. The smallest absolute Gasteiger partial charge is 0.279 e. The van der Waals surface area contributed by atoms with Crippen molar-refractivity contribution in [1.29, 1.82) is 0 Å². The number of aliphatic hydroxyl groups excluding tert-OH is 1. The van der Waals surface area contributed by atoms with Crippen molar-refractivity contribution in [1.82, 2.24) is 9.03 Å². The second kappa shape index (κ2) is 5.06. The third-order valence-corrected chi connectivity index (χ3v) is 4.22. The summed E-state index contributed by atoms with van der Waals surface area (Å²) in [6.45, 7) is 0.605. The van der Waals surface area contributed by atoms with Crippen molar-refractivity contribution in [2.24, 2.45) is 0 Å². The minimum absolute atomic E-state index is 0.0359. The van der Waals surface area contributed by atoms with Crippen LogP contribution >= 0.6 is 0 Å². The zero-order chi connectivity index (χ0) is 10.6. The number of nitrogens with zero attached hydrogens (tertiary/aromatic N) is 1. The first-order chi connectivity index (χ1) is 6.61. The largest absolute Gasteiger partial charge is 0.396 e. The maximum Gasteiger partial charge on any atom is 0.279 e. The summed E-state index contributed by atoms with van der Waals surface area (Å²) >= 11 is 0. The molecule has 1 unspecified atom stereocenters. The Morgan fingerprint density at radius 1 is 1.50 bits per heavy atom. The number of hydrogen-bond donors (Lipinski definition) is 2. The molecule has 0 radical (unpaired) electrons. The summed E-state index contributed by atoms with van der Waals surface area (Å²) < 4.78 is 26.9. The lowest BCUT2D eigenvalue weighted by Crippen LogP contribution is -2.48. The molecule has 1 aliphatic heterocycles. The predicted octanol–water partition coefficient (Wildman–Crippen LogP) is -0.313. The summed E-state index contributed by atoms with van der Waals surface area (Å²) in [5, 5.41) is 8.83. The van der Waals surface area contributed by atoms with Gasteiger partial charge in [0.05, 0.1) is 0 Å². The summed E-state index contributed by atoms with van der Waals surface area (Å²) in [7, 11) is -1.90. The Bertz CT molecular complexity index is 264. The predicted molar refractivity (Wildman–Crippen MR) is 54.0 cm³/mol. The lowest BCUT2D eigenvalue weighted by atomic mass is 10.0. The number of piperidine rings is 1. The molecule has 5 nitrogen and oxygen atoms in total. The molecule has 14 heavy (non-hydrogen) atoms. The molecule has 0 aliphatic carbocycles. The standard InChI is InChI=1S/C8H18N2O3S/c1-9-14(12,13)10-6-3-2-4-8(10)5-7-11/h8-9,11H,2-7H2,1H3. The zero-order valence-electron chi connectivity index (χ0n) is 8.44. The van der Waals surface area contributed by atoms with Gasteiger partial charge in [0.15, 0.2) is 0 Å². The molecule has 0 aromatic heterocycles. The summed E-state index contributed by atoms with van der Waals surface area (Å²) in [5.41, 5.74) is 0. The quantitative estimate of drug-likeness (QED) is 0.685. The van der Waals surface area contributed by atoms with Crippen molar-refractivity contribution >= 4 is 10.2 Å². The van der Waals surface area contributed by atoms with Crippen molar-refractivity contribution in [3.05, 3.63) is 0 Å². The van der Waals surface area contributed by atoms with Gasteiger partial charge in [0.25, 0.3) is 10.2 Å². The van der Waals surface area contributed by atoms with Crippen molar-refractivity contribution in [2.45, 2.75) is 31.7 Å². The molecule has 2 N–H and O–H groups in total. The van der Waals surface area contributed by atoms with Gasteiger partial charge in [0, 0.05) is 26.2 Å². The molecule has 0 amide bonds. The van der Waals surface area contributed by atoms with Gasteiger partial charge >= 0.3 is 0 Å². The van der Waals surface area contributed by atoms with E-state index in [0.717, 1.165) is 19.3 Å². The molecule has 1 aliphatic rings. The molecular weight excluding hydrogens is 204 g/mol. The highest BCUT2D eigenvalue weighted by atomic mass is 32.2. The fourth-order valence-electron chi connectivity index (χ4n) is 1.85. The highest BCUT2D eigenvalue weighted by Crippen LogP contribution is 2.21. The fourth-order valence-corrected chi connectivity index (χ4v) is 3.05. The van der Waals surface area contributed by atoms with Crippen LogP contribution in [0.1, 0.15) is 25.7 Å². The van der Waals surface area contributed by atoms with Gasteiger partial charge in [-0.15, -0.1) is 0 Å². The van der Waals surface area contributed by atoms with Crippen LogP contribution < -0.4 is 4.72 Å². The van der Waals surface area contributed by atoms with Crippen LogP contribution in [0.15, 0.2) is 0 Å². The summed E-state index contributed by atoms with van der Waals surface area (Å²) in [6, 6.07) is -0.0359. The first-order valence-corrected chi connectivity index (χ1v) is 6.37. The van der Waals surface area contributed by atoms with E-state index < -0.39 is 10.2 Å². The van der Waals surface area contributed by atoms with Gasteiger partial charge in [0.1, 0.15) is 0 Å². The molecule has 0 aromatic carbocycles. The summed E-state index contributed by atoms with van der Waals surface area (Å²) in [4.78, 5) is 0. The lowest BCUT2D eigenvalue weighted by Gasteiger charge is -2.33. The molecule has 0 spiro atoms. The van der Waals surface area contributed by atoms with Gasteiger partial charge in [0.2, 0.25) is 0 Å². The van der Waals surface area contributed by atoms with E-state index in [9.17, 15) is 8.42 Å². The van der Waals surface area contributed by atoms with E-state index in [0.29, 0.717) is 13.0 Å². The highest BCUT2D eigenvalue weighted by Gasteiger charge is 2.30. The molecule has 1 atom stereocenters. The molecule has 1 heterocycles. The summed E-state index contributed by atoms with van der Waals surface area (Å²) in [6.07, 6.45) is 3.33. The van der Waals surface area contributed by atoms with Crippen molar-refractivity contribution in [3.63, 3.8) is 0 Å². The maximum absolute atomic E-state index is 11.6. The van der Waals surface area contributed by atoms with E-state index in [-0.39, 0.29) is 12.6 Å². The SMILES string of the molecule is CNS(=O)(=O)N1CCCCC1CCO. The van der Waals surface area contributed by atoms with Crippen LogP contribution in [0.25, 0.3) is 0 Å². The van der Waals surface area contributed by atoms with E-state index in [1.165, 1.54) is 11.4 Å². The first-order valence-electron chi connectivity index (χ1n) is 4.93. The highest BCUT2D eigenvalue weighted by molar-refractivity contribution is 7.87. The van der Waals surface area contributed by atoms with Gasteiger partial charge < -0.3 is 5.11 Å². The average molecular weight is 222 g/mol. The van der Waals surface area contributed by atoms with Crippen LogP contribution in [-0.2, 0) is 10.2 Å². The normalized spacial score (nSPS) is 25.1. The van der Waals surface area contributed by atoms with E-state index in [1.54, 1.807) is 0 Å². The summed E-state index contributed by atoms with van der Waals surface area (Å²) in [5.74, 6) is 0. The Labute approximate surface area is 85.3 Å². The van der Waals surface area contributed by atoms with Crippen LogP contribution in [0.4, 0.5) is 0 Å². The Hall–Kier alpha value is -0.170. The average Bonchev–Trinajstić information content (AvgIpc) is 2.19. The molecule has 84 valence electrons. The van der Waals surface area contributed by atoms with Crippen LogP contribution in [-0.4, -0.2) is 44.1 Å². The molecule has 0 bridgehead atoms. The second-order valence-electron chi connectivity index (χ2n) is 3.48. The zero-order valence-corrected chi connectivity index (χ0v) is 9.26. The second-order valence-corrected chi connectivity index (χ2v) is 5.31. The fraction of sp³-hybridized carbons (Fsp3) is 1.00. The third kappa shape index (κ3) is 2.66. The van der Waals surface area contributed by atoms with Gasteiger partial charge in [-0.1, -0.05) is 6.42 Å². The molecule has 6 heteroatoms. The molecule has 1 fully saturated rings. The Balaban J connectivity index is 2.72. The first kappa shape index (κ1) is 11.9. The van der Waals surface area contributed by atoms with E-state index >= 15 is 0 Å². The van der Waals surface area contributed by atoms with E-state index in [4.69, 9.17) is 5.11 Å². The molecular formula is C8H18N2O3S. The molecule has 0 saturated carbocycles. The van der Waals surface area contributed by atoms with Crippen LogP contribution in [0, 0.1) is 0 Å². The van der Waals surface area contributed by atoms with Gasteiger partial charge in [-0.2, -0.15) is 12.7 Å². The molecule has 0 aromatic rings. The minimum atomic E-state index is -3.32. The number of hydrogen-bond acceptors (Lipinski definition) is 3. The Kier molecular flexibility index (Phi) is 4.31. The third-order valence-electron chi connectivity index (χ3n) is 2.60. The Morgan fingerprint density at radius 3 is 2.79 bits per heavy atom. The van der Waals surface area contributed by atoms with Crippen LogP contribution in [0.2, 0.25) is 0 Å². The van der Waals surface area contributed by atoms with Crippen LogP contribution in [0.3, 0.4) is 0 Å². The lowest BCUT2D eigenvalue weighted by molar-refractivity contribution is 0.191. The topological polar surface area (TPSA) is 69.6 Å². The number of aliphatic hydroxyl groups is 1. The Morgan fingerprint density at radius 2 is 2.21 bits per heavy atom.